The molecule has 3 aromatic rings. The number of carbonyl (C=O) groups excluding carboxylic acids is 2. The molecular weight excluding hydrogens is 408 g/mol. The fraction of sp³-hybridized carbons (Fsp3) is 0.318. The number of aryl methyl sites for hydroxylation is 2. The molecule has 1 aromatic carbocycles. The number of nitrogens with zero attached hydrogens (tertiary/aromatic N) is 7. The number of urea groups is 1. The number of carbonyl (C=O) groups is 2. The van der Waals surface area contributed by atoms with Crippen LogP contribution in [0.4, 0.5) is 16.3 Å². The first-order valence-corrected chi connectivity index (χ1v) is 10.5. The third-order valence-corrected chi connectivity index (χ3v) is 5.84. The summed E-state index contributed by atoms with van der Waals surface area (Å²) in [4.78, 5) is 34.2. The fourth-order valence-electron chi connectivity index (χ4n) is 4.20. The van der Waals surface area contributed by atoms with Crippen LogP contribution in [0.1, 0.15) is 23.4 Å². The van der Waals surface area contributed by atoms with E-state index >= 15 is 0 Å². The highest BCUT2D eigenvalue weighted by Crippen LogP contribution is 2.32. The van der Waals surface area contributed by atoms with E-state index in [2.05, 4.69) is 20.5 Å². The molecular formula is C22H24N8O2. The van der Waals surface area contributed by atoms with Crippen molar-refractivity contribution in [3.05, 3.63) is 53.5 Å². The van der Waals surface area contributed by atoms with E-state index in [1.807, 2.05) is 51.2 Å². The van der Waals surface area contributed by atoms with Gasteiger partial charge in [-0.3, -0.25) is 24.3 Å². The maximum atomic E-state index is 13.5. The quantitative estimate of drug-likeness (QED) is 0.683. The molecule has 0 atom stereocenters. The molecule has 2 aliphatic rings. The molecule has 4 heterocycles. The van der Waals surface area contributed by atoms with Crippen LogP contribution in [0.3, 0.4) is 0 Å². The van der Waals surface area contributed by atoms with Crippen LogP contribution in [0.2, 0.25) is 0 Å². The minimum Gasteiger partial charge on any atom is -0.321 e. The summed E-state index contributed by atoms with van der Waals surface area (Å²) in [6, 6.07) is 9.28. The third kappa shape index (κ3) is 3.15. The molecule has 0 saturated carbocycles. The summed E-state index contributed by atoms with van der Waals surface area (Å²) in [5.41, 5.74) is 3.79. The molecule has 0 aliphatic carbocycles. The van der Waals surface area contributed by atoms with Crippen LogP contribution in [0.15, 0.2) is 41.5 Å². The second-order valence-corrected chi connectivity index (χ2v) is 7.93. The molecule has 10 nitrogen and oxygen atoms in total. The lowest BCUT2D eigenvalue weighted by atomic mass is 10.1. The Bertz CT molecular complexity index is 1240. The molecule has 2 aliphatic heterocycles. The van der Waals surface area contributed by atoms with Crippen LogP contribution in [0.5, 0.6) is 0 Å². The maximum Gasteiger partial charge on any atom is 0.331 e. The van der Waals surface area contributed by atoms with Crippen molar-refractivity contribution in [3.8, 4) is 5.69 Å². The van der Waals surface area contributed by atoms with E-state index in [0.29, 0.717) is 30.4 Å². The van der Waals surface area contributed by atoms with Gasteiger partial charge in [-0.15, -0.1) is 0 Å². The normalized spacial score (nSPS) is 15.3. The highest BCUT2D eigenvalue weighted by atomic mass is 16.2. The van der Waals surface area contributed by atoms with Crippen molar-refractivity contribution in [1.82, 2.24) is 24.5 Å². The summed E-state index contributed by atoms with van der Waals surface area (Å²) in [5.74, 6) is 0.864. The first kappa shape index (κ1) is 20.0. The van der Waals surface area contributed by atoms with Crippen molar-refractivity contribution < 1.29 is 9.59 Å². The topological polar surface area (TPSA) is 101 Å². The molecule has 3 amide bonds. The summed E-state index contributed by atoms with van der Waals surface area (Å²) in [6.45, 7) is 4.80. The second kappa shape index (κ2) is 7.63. The van der Waals surface area contributed by atoms with Crippen molar-refractivity contribution in [2.45, 2.75) is 20.3 Å². The third-order valence-electron chi connectivity index (χ3n) is 5.84. The monoisotopic (exact) mass is 432 g/mol. The molecule has 2 aromatic heterocycles. The van der Waals surface area contributed by atoms with Gasteiger partial charge in [0.15, 0.2) is 5.82 Å². The van der Waals surface area contributed by atoms with Crippen molar-refractivity contribution >= 4 is 29.3 Å². The van der Waals surface area contributed by atoms with Crippen LogP contribution in [-0.2, 0) is 11.8 Å². The van der Waals surface area contributed by atoms with E-state index in [0.717, 1.165) is 29.1 Å². The SMILES string of the molecule is Cc1nn(C)c(C)c1NC(=O)CN1C(=O)N2CCCN=C2c2cnn(-c3ccccc3)c21. The largest absolute Gasteiger partial charge is 0.331 e. The molecule has 0 unspecified atom stereocenters. The van der Waals surface area contributed by atoms with Gasteiger partial charge in [0.25, 0.3) is 0 Å². The van der Waals surface area contributed by atoms with Gasteiger partial charge < -0.3 is 5.32 Å². The summed E-state index contributed by atoms with van der Waals surface area (Å²) < 4.78 is 3.41. The van der Waals surface area contributed by atoms with Gasteiger partial charge in [0, 0.05) is 20.1 Å². The fourth-order valence-corrected chi connectivity index (χ4v) is 4.20. The van der Waals surface area contributed by atoms with Crippen molar-refractivity contribution in [2.24, 2.45) is 12.0 Å². The Morgan fingerprint density at radius 2 is 1.97 bits per heavy atom. The Kier molecular flexibility index (Phi) is 4.76. The zero-order valence-electron chi connectivity index (χ0n) is 18.2. The minimum atomic E-state index is -0.304. The van der Waals surface area contributed by atoms with Crippen molar-refractivity contribution in [3.63, 3.8) is 0 Å². The number of para-hydroxylation sites is 1. The van der Waals surface area contributed by atoms with Crippen molar-refractivity contribution in [2.75, 3.05) is 29.9 Å². The van der Waals surface area contributed by atoms with E-state index < -0.39 is 0 Å². The number of nitrogens with one attached hydrogen (secondary N) is 1. The Labute approximate surface area is 185 Å². The standard InChI is InChI=1S/C22H24N8O2/c1-14-19(15(2)27(3)26-14)25-18(31)13-29-21-17(20-23-10-7-11-28(20)22(29)32)12-24-30(21)16-8-5-4-6-9-16/h4-6,8-9,12H,7,10-11,13H2,1-3H3,(H,25,31). The van der Waals surface area contributed by atoms with Gasteiger partial charge in [-0.25, -0.2) is 9.48 Å². The molecule has 0 saturated heterocycles. The van der Waals surface area contributed by atoms with Crippen LogP contribution < -0.4 is 10.2 Å². The average Bonchev–Trinajstić information content (AvgIpc) is 3.34. The molecule has 164 valence electrons. The Balaban J connectivity index is 1.54. The average molecular weight is 432 g/mol. The number of anilines is 2. The van der Waals surface area contributed by atoms with E-state index in [4.69, 9.17) is 0 Å². The number of hydrogen-bond acceptors (Lipinski definition) is 5. The molecule has 1 N–H and O–H groups in total. The summed E-state index contributed by atoms with van der Waals surface area (Å²) in [5, 5.41) is 11.8. The van der Waals surface area contributed by atoms with Gasteiger partial charge in [0.2, 0.25) is 5.91 Å². The summed E-state index contributed by atoms with van der Waals surface area (Å²) >= 11 is 0. The first-order chi connectivity index (χ1) is 15.5. The van der Waals surface area contributed by atoms with Crippen LogP contribution in [0.25, 0.3) is 5.69 Å². The number of fused-ring (bicyclic) bond motifs is 3. The van der Waals surface area contributed by atoms with E-state index in [-0.39, 0.29) is 18.5 Å². The van der Waals surface area contributed by atoms with Crippen LogP contribution >= 0.6 is 0 Å². The van der Waals surface area contributed by atoms with Gasteiger partial charge in [0.05, 0.1) is 34.5 Å². The lowest BCUT2D eigenvalue weighted by molar-refractivity contribution is -0.114. The number of rotatable bonds is 4. The lowest BCUT2D eigenvalue weighted by Gasteiger charge is -2.37. The molecule has 5 rings (SSSR count). The zero-order valence-corrected chi connectivity index (χ0v) is 18.2. The van der Waals surface area contributed by atoms with Gasteiger partial charge in [-0.05, 0) is 32.4 Å². The number of amidine groups is 1. The maximum absolute atomic E-state index is 13.5. The van der Waals surface area contributed by atoms with Crippen LogP contribution in [-0.4, -0.2) is 61.9 Å². The number of amides is 3. The lowest BCUT2D eigenvalue weighted by Crippen LogP contribution is -2.55. The number of hydrogen-bond donors (Lipinski definition) is 1. The van der Waals surface area contributed by atoms with Crippen LogP contribution in [0, 0.1) is 13.8 Å². The second-order valence-electron chi connectivity index (χ2n) is 7.93. The molecule has 0 fully saturated rings. The zero-order chi connectivity index (χ0) is 22.4. The number of aromatic nitrogens is 4. The highest BCUT2D eigenvalue weighted by molar-refractivity contribution is 6.20. The predicted octanol–water partition coefficient (Wildman–Crippen LogP) is 2.25. The molecule has 0 bridgehead atoms. The minimum absolute atomic E-state index is 0.151. The Morgan fingerprint density at radius 1 is 1.19 bits per heavy atom. The van der Waals surface area contributed by atoms with Gasteiger partial charge in [-0.1, -0.05) is 18.2 Å². The molecule has 0 radical (unpaired) electrons. The Morgan fingerprint density at radius 3 is 2.69 bits per heavy atom. The smallest absolute Gasteiger partial charge is 0.321 e. The summed E-state index contributed by atoms with van der Waals surface area (Å²) in [7, 11) is 1.83. The molecule has 10 heteroatoms. The molecule has 32 heavy (non-hydrogen) atoms. The Hall–Kier alpha value is -3.95. The van der Waals surface area contributed by atoms with E-state index in [1.165, 1.54) is 4.90 Å². The van der Waals surface area contributed by atoms with Gasteiger partial charge in [-0.2, -0.15) is 10.2 Å². The predicted molar refractivity (Wildman–Crippen MR) is 120 cm³/mol. The van der Waals surface area contributed by atoms with Gasteiger partial charge >= 0.3 is 6.03 Å². The highest BCUT2D eigenvalue weighted by Gasteiger charge is 2.40. The van der Waals surface area contributed by atoms with E-state index in [1.54, 1.807) is 20.5 Å². The number of aliphatic imine (C=N–C) groups is 1. The summed E-state index contributed by atoms with van der Waals surface area (Å²) in [6.07, 6.45) is 2.50. The first-order valence-electron chi connectivity index (χ1n) is 10.5. The van der Waals surface area contributed by atoms with Gasteiger partial charge in [0.1, 0.15) is 12.4 Å². The van der Waals surface area contributed by atoms with Crippen molar-refractivity contribution in [1.29, 1.82) is 0 Å². The van der Waals surface area contributed by atoms with E-state index in [9.17, 15) is 9.59 Å². The molecule has 0 spiro atoms. The number of benzene rings is 1.